The Hall–Kier alpha value is -1.56. The van der Waals surface area contributed by atoms with Crippen LogP contribution in [-0.4, -0.2) is 55.0 Å². The van der Waals surface area contributed by atoms with Crippen LogP contribution in [0.3, 0.4) is 0 Å². The minimum atomic E-state index is -4.15. The van der Waals surface area contributed by atoms with E-state index in [-0.39, 0.29) is 12.0 Å². The molecule has 0 N–H and O–H groups in total. The summed E-state index contributed by atoms with van der Waals surface area (Å²) in [5.41, 5.74) is 1.85. The van der Waals surface area contributed by atoms with E-state index in [0.717, 1.165) is 17.6 Å². The smallest absolute Gasteiger partial charge is 0.363 e. The summed E-state index contributed by atoms with van der Waals surface area (Å²) < 4.78 is 37.7. The number of aldehydes is 1. The van der Waals surface area contributed by atoms with Crippen LogP contribution in [-0.2, 0) is 4.79 Å². The van der Waals surface area contributed by atoms with Gasteiger partial charge in [0.25, 0.3) is 0 Å². The van der Waals surface area contributed by atoms with Gasteiger partial charge < -0.3 is 9.69 Å². The van der Waals surface area contributed by atoms with Gasteiger partial charge in [-0.05, 0) is 44.5 Å². The average molecular weight is 328 g/mol. The Balaban J connectivity index is 2.20. The number of allylic oxidation sites excluding steroid dienone is 3. The fourth-order valence-corrected chi connectivity index (χ4v) is 3.72. The molecule has 2 heterocycles. The summed E-state index contributed by atoms with van der Waals surface area (Å²) in [6.07, 6.45) is 3.72. The third-order valence-corrected chi connectivity index (χ3v) is 4.72. The predicted molar refractivity (Wildman–Crippen MR) is 83.8 cm³/mol. The predicted octanol–water partition coefficient (Wildman–Crippen LogP) is 3.16. The highest BCUT2D eigenvalue weighted by molar-refractivity contribution is 5.55. The van der Waals surface area contributed by atoms with Gasteiger partial charge in [-0.1, -0.05) is 18.7 Å². The van der Waals surface area contributed by atoms with Crippen LogP contribution in [0.4, 0.5) is 13.2 Å². The SMILES string of the molecule is C=CC1=C(/C=C\C)C2(CCN(CC(F)(F)F)CC2)CN1CC=O. The lowest BCUT2D eigenvalue weighted by molar-refractivity contribution is -0.149. The van der Waals surface area contributed by atoms with Crippen molar-refractivity contribution in [2.24, 2.45) is 5.41 Å². The van der Waals surface area contributed by atoms with Crippen LogP contribution >= 0.6 is 0 Å². The molecule has 0 amide bonds. The first kappa shape index (κ1) is 17.8. The van der Waals surface area contributed by atoms with E-state index in [2.05, 4.69) is 6.58 Å². The van der Waals surface area contributed by atoms with Crippen molar-refractivity contribution in [3.8, 4) is 0 Å². The van der Waals surface area contributed by atoms with Crippen LogP contribution in [0.25, 0.3) is 0 Å². The number of carbonyl (C=O) groups excluding carboxylic acids is 1. The van der Waals surface area contributed by atoms with E-state index in [0.29, 0.717) is 32.5 Å². The first-order valence-corrected chi connectivity index (χ1v) is 7.83. The molecule has 0 aromatic rings. The van der Waals surface area contributed by atoms with E-state index >= 15 is 0 Å². The quantitative estimate of drug-likeness (QED) is 0.724. The van der Waals surface area contributed by atoms with Crippen LogP contribution < -0.4 is 0 Å². The number of hydrogen-bond acceptors (Lipinski definition) is 3. The van der Waals surface area contributed by atoms with E-state index in [1.54, 1.807) is 6.08 Å². The first-order chi connectivity index (χ1) is 10.8. The van der Waals surface area contributed by atoms with Crippen LogP contribution in [0.1, 0.15) is 19.8 Å². The number of rotatable bonds is 5. The fourth-order valence-electron chi connectivity index (χ4n) is 3.72. The van der Waals surface area contributed by atoms with E-state index in [1.165, 1.54) is 4.90 Å². The summed E-state index contributed by atoms with van der Waals surface area (Å²) in [5, 5.41) is 0. The number of piperidine rings is 1. The summed E-state index contributed by atoms with van der Waals surface area (Å²) in [5.74, 6) is 0. The highest BCUT2D eigenvalue weighted by Crippen LogP contribution is 2.47. The van der Waals surface area contributed by atoms with Gasteiger partial charge in [0, 0.05) is 17.7 Å². The highest BCUT2D eigenvalue weighted by Gasteiger charge is 2.45. The Morgan fingerprint density at radius 3 is 2.43 bits per heavy atom. The van der Waals surface area contributed by atoms with Crippen LogP contribution in [0, 0.1) is 5.41 Å². The highest BCUT2D eigenvalue weighted by atomic mass is 19.4. The fraction of sp³-hybridized carbons (Fsp3) is 0.588. The topological polar surface area (TPSA) is 23.6 Å². The Morgan fingerprint density at radius 2 is 1.96 bits per heavy atom. The molecule has 0 radical (unpaired) electrons. The lowest BCUT2D eigenvalue weighted by Gasteiger charge is -2.41. The van der Waals surface area contributed by atoms with Crippen molar-refractivity contribution in [2.75, 3.05) is 32.7 Å². The molecule has 0 aromatic carbocycles. The third kappa shape index (κ3) is 3.86. The van der Waals surface area contributed by atoms with Gasteiger partial charge in [-0.2, -0.15) is 13.2 Å². The molecule has 1 spiro atoms. The molecule has 0 bridgehead atoms. The lowest BCUT2D eigenvalue weighted by Crippen LogP contribution is -2.46. The second-order valence-corrected chi connectivity index (χ2v) is 6.22. The van der Waals surface area contributed by atoms with Gasteiger partial charge in [0.05, 0.1) is 13.1 Å². The Kier molecular flexibility index (Phi) is 5.34. The molecule has 23 heavy (non-hydrogen) atoms. The lowest BCUT2D eigenvalue weighted by atomic mass is 9.73. The number of hydrogen-bond donors (Lipinski definition) is 0. The van der Waals surface area contributed by atoms with Crippen molar-refractivity contribution in [3.63, 3.8) is 0 Å². The van der Waals surface area contributed by atoms with Crippen molar-refractivity contribution in [3.05, 3.63) is 36.1 Å². The summed E-state index contributed by atoms with van der Waals surface area (Å²) in [6.45, 7) is 6.71. The van der Waals surface area contributed by atoms with Gasteiger partial charge in [-0.3, -0.25) is 4.90 Å². The second-order valence-electron chi connectivity index (χ2n) is 6.22. The van der Waals surface area contributed by atoms with E-state index in [1.807, 2.05) is 24.0 Å². The monoisotopic (exact) mass is 328 g/mol. The molecule has 0 unspecified atom stereocenters. The van der Waals surface area contributed by atoms with Crippen molar-refractivity contribution < 1.29 is 18.0 Å². The molecule has 0 aromatic heterocycles. The number of carbonyl (C=O) groups is 1. The average Bonchev–Trinajstić information content (AvgIpc) is 2.75. The molecule has 2 aliphatic rings. The van der Waals surface area contributed by atoms with Gasteiger partial charge in [-0.15, -0.1) is 0 Å². The summed E-state index contributed by atoms with van der Waals surface area (Å²) >= 11 is 0. The first-order valence-electron chi connectivity index (χ1n) is 7.83. The maximum atomic E-state index is 12.6. The van der Waals surface area contributed by atoms with Crippen molar-refractivity contribution >= 4 is 6.29 Å². The van der Waals surface area contributed by atoms with Crippen LogP contribution in [0.5, 0.6) is 0 Å². The second kappa shape index (κ2) is 6.91. The molecule has 3 nitrogen and oxygen atoms in total. The van der Waals surface area contributed by atoms with Crippen molar-refractivity contribution in [2.45, 2.75) is 25.9 Å². The molecule has 2 aliphatic heterocycles. The molecule has 6 heteroatoms. The normalized spacial score (nSPS) is 22.3. The summed E-state index contributed by atoms with van der Waals surface area (Å²) in [7, 11) is 0. The van der Waals surface area contributed by atoms with Crippen LogP contribution in [0.15, 0.2) is 36.1 Å². The number of alkyl halides is 3. The zero-order valence-electron chi connectivity index (χ0n) is 13.4. The maximum absolute atomic E-state index is 12.6. The standard InChI is InChI=1S/C17H23F3N2O/c1-3-5-14-15(4-2)22(10-11-23)12-16(14)6-8-21(9-7-16)13-17(18,19)20/h3-5,11H,2,6-10,12-13H2,1H3/b5-3-. The molecule has 128 valence electrons. The molecule has 1 fully saturated rings. The zero-order chi connectivity index (χ0) is 17.1. The Bertz CT molecular complexity index is 514. The van der Waals surface area contributed by atoms with Crippen molar-refractivity contribution in [1.29, 1.82) is 0 Å². The molecule has 0 aliphatic carbocycles. The molecular formula is C17H23F3N2O. The number of likely N-dealkylation sites (tertiary alicyclic amines) is 1. The molecule has 0 saturated carbocycles. The van der Waals surface area contributed by atoms with Gasteiger partial charge in [0.2, 0.25) is 0 Å². The summed E-state index contributed by atoms with van der Waals surface area (Å²) in [6, 6.07) is 0. The molecule has 1 saturated heterocycles. The van der Waals surface area contributed by atoms with E-state index in [9.17, 15) is 18.0 Å². The largest absolute Gasteiger partial charge is 0.401 e. The third-order valence-electron chi connectivity index (χ3n) is 4.72. The number of nitrogens with zero attached hydrogens (tertiary/aromatic N) is 2. The maximum Gasteiger partial charge on any atom is 0.401 e. The summed E-state index contributed by atoms with van der Waals surface area (Å²) in [4.78, 5) is 14.4. The zero-order valence-corrected chi connectivity index (χ0v) is 13.4. The Labute approximate surface area is 135 Å². The van der Waals surface area contributed by atoms with Crippen molar-refractivity contribution in [1.82, 2.24) is 9.80 Å². The van der Waals surface area contributed by atoms with Gasteiger partial charge in [-0.25, -0.2) is 0 Å². The van der Waals surface area contributed by atoms with Gasteiger partial charge in [0.15, 0.2) is 0 Å². The Morgan fingerprint density at radius 1 is 1.30 bits per heavy atom. The molecule has 0 atom stereocenters. The van der Waals surface area contributed by atoms with E-state index in [4.69, 9.17) is 0 Å². The minimum absolute atomic E-state index is 0.179. The molecular weight excluding hydrogens is 305 g/mol. The number of halogens is 3. The molecule has 2 rings (SSSR count). The minimum Gasteiger partial charge on any atom is -0.363 e. The van der Waals surface area contributed by atoms with Gasteiger partial charge >= 0.3 is 6.18 Å². The van der Waals surface area contributed by atoms with Crippen LogP contribution in [0.2, 0.25) is 0 Å². The van der Waals surface area contributed by atoms with E-state index < -0.39 is 12.7 Å². The van der Waals surface area contributed by atoms with Gasteiger partial charge in [0.1, 0.15) is 6.29 Å².